The number of carbonyl (C=O) groups excluding carboxylic acids is 1. The fourth-order valence-corrected chi connectivity index (χ4v) is 2.39. The number of benzene rings is 1. The summed E-state index contributed by atoms with van der Waals surface area (Å²) in [5, 5.41) is 8.01. The molecule has 1 rings (SSSR count). The highest BCUT2D eigenvalue weighted by Gasteiger charge is 2.20. The Bertz CT molecular complexity index is 649. The molecule has 6 heteroatoms. The average molecular weight is 312 g/mol. The van der Waals surface area contributed by atoms with Gasteiger partial charge in [-0.25, -0.2) is 13.6 Å². The standard InChI is InChI=1S/C15H24N2O3S/c1-6-15(4,5)9-17-14(18)13-8-12(21(16,19)20)7-10(2)11(13)3/h7-8H,6,9H2,1-5H3,(H,17,18)(H2,16,19,20). The molecule has 0 unspecified atom stereocenters. The van der Waals surface area contributed by atoms with Crippen molar-refractivity contribution in [3.05, 3.63) is 28.8 Å². The lowest BCUT2D eigenvalue weighted by atomic mass is 9.90. The molecule has 0 heterocycles. The third-order valence-corrected chi connectivity index (χ3v) is 4.79. The Balaban J connectivity index is 3.13. The van der Waals surface area contributed by atoms with Gasteiger partial charge < -0.3 is 5.32 Å². The largest absolute Gasteiger partial charge is 0.351 e. The number of nitrogens with one attached hydrogen (secondary N) is 1. The number of aryl methyl sites for hydroxylation is 1. The topological polar surface area (TPSA) is 89.3 Å². The molecule has 1 aromatic rings. The van der Waals surface area contributed by atoms with Gasteiger partial charge in [0.25, 0.3) is 5.91 Å². The maximum atomic E-state index is 12.3. The molecule has 0 radical (unpaired) electrons. The molecule has 5 nitrogen and oxygen atoms in total. The summed E-state index contributed by atoms with van der Waals surface area (Å²) in [7, 11) is -3.83. The van der Waals surface area contributed by atoms with E-state index >= 15 is 0 Å². The first-order valence-corrected chi connectivity index (χ1v) is 8.45. The average Bonchev–Trinajstić information content (AvgIpc) is 2.38. The van der Waals surface area contributed by atoms with Gasteiger partial charge in [0.1, 0.15) is 0 Å². The molecule has 0 aliphatic carbocycles. The van der Waals surface area contributed by atoms with Gasteiger partial charge in [-0.15, -0.1) is 0 Å². The van der Waals surface area contributed by atoms with Crippen molar-refractivity contribution in [2.45, 2.75) is 45.9 Å². The Morgan fingerprint density at radius 3 is 2.33 bits per heavy atom. The van der Waals surface area contributed by atoms with Gasteiger partial charge in [0.2, 0.25) is 10.0 Å². The molecular formula is C15H24N2O3S. The minimum Gasteiger partial charge on any atom is -0.351 e. The van der Waals surface area contributed by atoms with Gasteiger partial charge in [-0.2, -0.15) is 0 Å². The van der Waals surface area contributed by atoms with E-state index in [-0.39, 0.29) is 16.2 Å². The molecule has 0 spiro atoms. The lowest BCUT2D eigenvalue weighted by molar-refractivity contribution is 0.0935. The Kier molecular flexibility index (Phi) is 5.17. The number of rotatable bonds is 5. The minimum absolute atomic E-state index is 0.00381. The predicted octanol–water partition coefficient (Wildman–Crippen LogP) is 2.12. The van der Waals surface area contributed by atoms with E-state index < -0.39 is 10.0 Å². The fraction of sp³-hybridized carbons (Fsp3) is 0.533. The van der Waals surface area contributed by atoms with Crippen LogP contribution in [0.15, 0.2) is 17.0 Å². The van der Waals surface area contributed by atoms with Crippen molar-refractivity contribution in [2.24, 2.45) is 10.6 Å². The normalized spacial score (nSPS) is 12.3. The van der Waals surface area contributed by atoms with E-state index in [1.807, 2.05) is 0 Å². The zero-order valence-corrected chi connectivity index (χ0v) is 14.1. The van der Waals surface area contributed by atoms with Gasteiger partial charge in [0, 0.05) is 12.1 Å². The van der Waals surface area contributed by atoms with Gasteiger partial charge in [-0.1, -0.05) is 20.8 Å². The van der Waals surface area contributed by atoms with Crippen LogP contribution in [0.1, 0.15) is 48.7 Å². The summed E-state index contributed by atoms with van der Waals surface area (Å²) in [6.45, 7) is 10.3. The number of amides is 1. The van der Waals surface area contributed by atoms with Crippen molar-refractivity contribution in [3.8, 4) is 0 Å². The summed E-state index contributed by atoms with van der Waals surface area (Å²) in [5.41, 5.74) is 1.83. The third kappa shape index (κ3) is 4.54. The van der Waals surface area contributed by atoms with E-state index in [1.54, 1.807) is 13.8 Å². The summed E-state index contributed by atoms with van der Waals surface area (Å²) >= 11 is 0. The maximum absolute atomic E-state index is 12.3. The number of hydrogen-bond donors (Lipinski definition) is 2. The highest BCUT2D eigenvalue weighted by molar-refractivity contribution is 7.89. The monoisotopic (exact) mass is 312 g/mol. The molecule has 0 aliphatic rings. The summed E-state index contributed by atoms with van der Waals surface area (Å²) in [6.07, 6.45) is 0.933. The van der Waals surface area contributed by atoms with Crippen molar-refractivity contribution in [1.82, 2.24) is 5.32 Å². The van der Waals surface area contributed by atoms with Crippen LogP contribution in [0.25, 0.3) is 0 Å². The maximum Gasteiger partial charge on any atom is 0.251 e. The molecule has 0 aliphatic heterocycles. The number of sulfonamides is 1. The van der Waals surface area contributed by atoms with Crippen molar-refractivity contribution in [3.63, 3.8) is 0 Å². The SMILES string of the molecule is CCC(C)(C)CNC(=O)c1cc(S(N)(=O)=O)cc(C)c1C. The molecule has 3 N–H and O–H groups in total. The fourth-order valence-electron chi connectivity index (χ4n) is 1.77. The molecule has 0 atom stereocenters. The van der Waals surface area contributed by atoms with Crippen LogP contribution in [-0.4, -0.2) is 20.9 Å². The van der Waals surface area contributed by atoms with E-state index in [0.717, 1.165) is 17.5 Å². The van der Waals surface area contributed by atoms with Crippen molar-refractivity contribution in [1.29, 1.82) is 0 Å². The molecule has 0 aromatic heterocycles. The molecule has 21 heavy (non-hydrogen) atoms. The molecule has 0 saturated carbocycles. The zero-order chi connectivity index (χ0) is 16.4. The first kappa shape index (κ1) is 17.7. The number of primary sulfonamides is 1. The summed E-state index contributed by atoms with van der Waals surface area (Å²) < 4.78 is 23.0. The Morgan fingerprint density at radius 2 is 1.86 bits per heavy atom. The van der Waals surface area contributed by atoms with Crippen LogP contribution in [0.4, 0.5) is 0 Å². The second-order valence-corrected chi connectivity index (χ2v) is 7.72. The Morgan fingerprint density at radius 1 is 1.29 bits per heavy atom. The van der Waals surface area contributed by atoms with Crippen LogP contribution in [0.2, 0.25) is 0 Å². The highest BCUT2D eigenvalue weighted by Crippen LogP contribution is 2.21. The Hall–Kier alpha value is -1.40. The first-order chi connectivity index (χ1) is 9.48. The zero-order valence-electron chi connectivity index (χ0n) is 13.3. The predicted molar refractivity (Wildman–Crippen MR) is 83.7 cm³/mol. The van der Waals surface area contributed by atoms with Crippen LogP contribution in [0.3, 0.4) is 0 Å². The Labute approximate surface area is 127 Å². The van der Waals surface area contributed by atoms with Gasteiger partial charge in [-0.05, 0) is 48.9 Å². The van der Waals surface area contributed by atoms with Crippen LogP contribution in [0.5, 0.6) is 0 Å². The summed E-state index contributed by atoms with van der Waals surface area (Å²) in [4.78, 5) is 12.3. The molecule has 0 saturated heterocycles. The smallest absolute Gasteiger partial charge is 0.251 e. The molecular weight excluding hydrogens is 288 g/mol. The van der Waals surface area contributed by atoms with Gasteiger partial charge in [-0.3, -0.25) is 4.79 Å². The van der Waals surface area contributed by atoms with Crippen molar-refractivity contribution >= 4 is 15.9 Å². The van der Waals surface area contributed by atoms with E-state index in [4.69, 9.17) is 5.14 Å². The van der Waals surface area contributed by atoms with Crippen molar-refractivity contribution < 1.29 is 13.2 Å². The second kappa shape index (κ2) is 6.15. The number of carbonyl (C=O) groups is 1. The van der Waals surface area contributed by atoms with Crippen molar-refractivity contribution in [2.75, 3.05) is 6.54 Å². The number of hydrogen-bond acceptors (Lipinski definition) is 3. The lowest BCUT2D eigenvalue weighted by Gasteiger charge is -2.23. The molecule has 1 aromatic carbocycles. The number of nitrogens with two attached hydrogens (primary N) is 1. The van der Waals surface area contributed by atoms with Crippen LogP contribution in [0, 0.1) is 19.3 Å². The first-order valence-electron chi connectivity index (χ1n) is 6.90. The van der Waals surface area contributed by atoms with E-state index in [2.05, 4.69) is 26.1 Å². The molecule has 1 amide bonds. The quantitative estimate of drug-likeness (QED) is 0.872. The summed E-state index contributed by atoms with van der Waals surface area (Å²) in [6, 6.07) is 2.82. The van der Waals surface area contributed by atoms with E-state index in [9.17, 15) is 13.2 Å². The minimum atomic E-state index is -3.83. The molecule has 0 bridgehead atoms. The third-order valence-electron chi connectivity index (χ3n) is 3.90. The van der Waals surface area contributed by atoms with Gasteiger partial charge in [0.05, 0.1) is 4.90 Å². The van der Waals surface area contributed by atoms with Crippen LogP contribution < -0.4 is 10.5 Å². The van der Waals surface area contributed by atoms with Gasteiger partial charge >= 0.3 is 0 Å². The highest BCUT2D eigenvalue weighted by atomic mass is 32.2. The summed E-state index contributed by atoms with van der Waals surface area (Å²) in [5.74, 6) is -0.275. The van der Waals surface area contributed by atoms with Gasteiger partial charge in [0.15, 0.2) is 0 Å². The molecule has 0 fully saturated rings. The second-order valence-electron chi connectivity index (χ2n) is 6.16. The van der Waals surface area contributed by atoms with Crippen LogP contribution >= 0.6 is 0 Å². The lowest BCUT2D eigenvalue weighted by Crippen LogP contribution is -2.34. The van der Waals surface area contributed by atoms with Crippen LogP contribution in [-0.2, 0) is 10.0 Å². The van der Waals surface area contributed by atoms with E-state index in [0.29, 0.717) is 12.1 Å². The molecule has 118 valence electrons. The van der Waals surface area contributed by atoms with E-state index in [1.165, 1.54) is 12.1 Å².